The maximum absolute atomic E-state index is 13.6. The number of rotatable bonds is 2. The van der Waals surface area contributed by atoms with E-state index >= 15 is 0 Å². The van der Waals surface area contributed by atoms with Crippen molar-refractivity contribution >= 4 is 55.1 Å². The molecule has 178 valence electrons. The van der Waals surface area contributed by atoms with Crippen molar-refractivity contribution in [2.75, 3.05) is 14.2 Å². The normalized spacial score (nSPS) is 8.26. The molecule has 0 aliphatic rings. The van der Waals surface area contributed by atoms with E-state index < -0.39 is 0 Å². The van der Waals surface area contributed by atoms with E-state index in [1.807, 2.05) is 36.6 Å². The molecule has 4 rings (SSSR count). The van der Waals surface area contributed by atoms with Gasteiger partial charge < -0.3 is 20.4 Å². The first-order valence-electron chi connectivity index (χ1n) is 8.29. The van der Waals surface area contributed by atoms with E-state index in [1.165, 1.54) is 36.9 Å². The van der Waals surface area contributed by atoms with Gasteiger partial charge in [0.15, 0.2) is 23.1 Å². The molecular formula is C21H19F2LiO8S2. The molecule has 4 aromatic rings. The van der Waals surface area contributed by atoms with Gasteiger partial charge in [0, 0.05) is 4.88 Å². The second-order valence-electron chi connectivity index (χ2n) is 5.44. The Balaban J connectivity index is -0.000000430. The topological polar surface area (TPSA) is 148 Å². The van der Waals surface area contributed by atoms with Crippen LogP contribution in [0.25, 0.3) is 20.2 Å². The summed E-state index contributed by atoms with van der Waals surface area (Å²) < 4.78 is 38.0. The minimum Gasteiger partial charge on any atom is -0.870 e. The summed E-state index contributed by atoms with van der Waals surface area (Å²) in [6.45, 7) is 1.97. The fourth-order valence-corrected chi connectivity index (χ4v) is 4.24. The number of hydrogen-bond acceptors (Lipinski definition) is 9. The van der Waals surface area contributed by atoms with Gasteiger partial charge in [-0.25, -0.2) is 8.78 Å². The van der Waals surface area contributed by atoms with Gasteiger partial charge in [-0.2, -0.15) is 19.2 Å². The van der Waals surface area contributed by atoms with Crippen LogP contribution in [0.15, 0.2) is 41.8 Å². The molecule has 2 heterocycles. The number of thiophene rings is 2. The molecule has 3 N–H and O–H groups in total. The van der Waals surface area contributed by atoms with Crippen LogP contribution in [0, 0.1) is 18.6 Å². The molecule has 0 fully saturated rings. The number of ether oxygens (including phenoxy) is 2. The van der Waals surface area contributed by atoms with Crippen LogP contribution in [-0.2, 0) is 19.2 Å². The summed E-state index contributed by atoms with van der Waals surface area (Å²) in [5.41, 5.74) is 0. The molecule has 34 heavy (non-hydrogen) atoms. The van der Waals surface area contributed by atoms with E-state index in [-0.39, 0.29) is 53.8 Å². The first-order valence-corrected chi connectivity index (χ1v) is 9.98. The van der Waals surface area contributed by atoms with Crippen LogP contribution in [0.3, 0.4) is 0 Å². The summed E-state index contributed by atoms with van der Waals surface area (Å²) in [5.74, 6) is 0.113. The van der Waals surface area contributed by atoms with Gasteiger partial charge in [0.1, 0.15) is 0 Å². The Bertz CT molecular complexity index is 1200. The van der Waals surface area contributed by atoms with Crippen LogP contribution in [0.1, 0.15) is 4.88 Å². The third kappa shape index (κ3) is 9.53. The second-order valence-corrected chi connectivity index (χ2v) is 7.62. The third-order valence-corrected chi connectivity index (χ3v) is 5.66. The number of fused-ring (bicyclic) bond motifs is 2. The van der Waals surface area contributed by atoms with Crippen LogP contribution in [0.4, 0.5) is 8.78 Å². The van der Waals surface area contributed by atoms with Gasteiger partial charge in [-0.15, -0.1) is 22.7 Å². The number of halogens is 2. The van der Waals surface area contributed by atoms with Crippen molar-refractivity contribution < 1.29 is 67.2 Å². The van der Waals surface area contributed by atoms with E-state index in [1.54, 1.807) is 12.1 Å². The fourth-order valence-electron chi connectivity index (χ4n) is 2.47. The van der Waals surface area contributed by atoms with Crippen LogP contribution >= 0.6 is 22.7 Å². The number of benzene rings is 2. The van der Waals surface area contributed by atoms with Crippen molar-refractivity contribution in [3.63, 3.8) is 0 Å². The van der Waals surface area contributed by atoms with Crippen molar-refractivity contribution in [1.29, 1.82) is 0 Å². The van der Waals surface area contributed by atoms with E-state index in [2.05, 4.69) is 0 Å². The monoisotopic (exact) mass is 508 g/mol. The first kappa shape index (κ1) is 35.7. The van der Waals surface area contributed by atoms with Gasteiger partial charge in [0.2, 0.25) is 0 Å². The van der Waals surface area contributed by atoms with Gasteiger partial charge in [0.05, 0.1) is 23.6 Å². The molecule has 0 bridgehead atoms. The summed E-state index contributed by atoms with van der Waals surface area (Å²) in [6.07, 6.45) is 0.500. The van der Waals surface area contributed by atoms with Gasteiger partial charge in [0.25, 0.3) is 0 Å². The van der Waals surface area contributed by atoms with Gasteiger partial charge in [-0.05, 0) is 59.5 Å². The predicted molar refractivity (Wildman–Crippen MR) is 117 cm³/mol. The summed E-state index contributed by atoms with van der Waals surface area (Å²) in [6, 6.07) is 10.9. The molecular weight excluding hydrogens is 489 g/mol. The smallest absolute Gasteiger partial charge is 0.870 e. The number of methoxy groups -OCH3 is 2. The SMILES string of the molecule is COc1ccc2cc(C)sc2c1F.COc1ccc2ccsc2c1F.O.O=C=O.O=C=O.[Li+].[OH-]. The van der Waals surface area contributed by atoms with Crippen LogP contribution in [0.2, 0.25) is 0 Å². The third-order valence-electron chi connectivity index (χ3n) is 3.68. The Morgan fingerprint density at radius 1 is 0.794 bits per heavy atom. The summed E-state index contributed by atoms with van der Waals surface area (Å²) in [7, 11) is 2.95. The summed E-state index contributed by atoms with van der Waals surface area (Å²) >= 11 is 2.84. The molecule has 13 heteroatoms. The molecule has 0 amide bonds. The molecule has 0 aliphatic heterocycles. The van der Waals surface area contributed by atoms with E-state index in [0.717, 1.165) is 15.6 Å². The molecule has 0 spiro atoms. The Kier molecular flexibility index (Phi) is 19.4. The standard InChI is InChI=1S/C10H9FOS.C9H7FOS.2CO2.Li.2H2O/c1-6-5-7-3-4-8(12-2)9(11)10(7)13-6;1-11-7-3-2-6-4-5-12-9(6)8(7)10;2*2-1-3;;;/h3-5H,1-2H3;2-5H,1H3;;;;2*1H2/q;;;;+1;;/p-1. The Labute approximate surface area is 212 Å². The molecule has 0 unspecified atom stereocenters. The zero-order valence-corrected chi connectivity index (χ0v) is 20.1. The molecule has 8 nitrogen and oxygen atoms in total. The molecule has 0 saturated heterocycles. The van der Waals surface area contributed by atoms with Crippen LogP contribution in [-0.4, -0.2) is 37.5 Å². The zero-order chi connectivity index (χ0) is 23.4. The van der Waals surface area contributed by atoms with Gasteiger partial charge >= 0.3 is 31.2 Å². The van der Waals surface area contributed by atoms with Gasteiger partial charge in [-0.3, -0.25) is 0 Å². The van der Waals surface area contributed by atoms with E-state index in [4.69, 9.17) is 28.7 Å². The number of carbonyl (C=O) groups excluding carboxylic acids is 4. The van der Waals surface area contributed by atoms with E-state index in [0.29, 0.717) is 20.9 Å². The van der Waals surface area contributed by atoms with Crippen molar-refractivity contribution in [3.05, 3.63) is 58.3 Å². The maximum Gasteiger partial charge on any atom is 1.00 e. The van der Waals surface area contributed by atoms with Crippen molar-refractivity contribution in [1.82, 2.24) is 0 Å². The van der Waals surface area contributed by atoms with Crippen LogP contribution < -0.4 is 28.3 Å². The Morgan fingerprint density at radius 3 is 1.71 bits per heavy atom. The van der Waals surface area contributed by atoms with Crippen molar-refractivity contribution in [2.24, 2.45) is 0 Å². The quantitative estimate of drug-likeness (QED) is 0.370. The maximum atomic E-state index is 13.6. The predicted octanol–water partition coefficient (Wildman–Crippen LogP) is 1.24. The molecule has 2 aromatic heterocycles. The minimum absolute atomic E-state index is 0. The molecule has 0 aliphatic carbocycles. The van der Waals surface area contributed by atoms with E-state index in [9.17, 15) is 8.78 Å². The second kappa shape index (κ2) is 18.5. The summed E-state index contributed by atoms with van der Waals surface area (Å²) in [5, 5.41) is 3.74. The van der Waals surface area contributed by atoms with Gasteiger partial charge in [-0.1, -0.05) is 0 Å². The van der Waals surface area contributed by atoms with Crippen molar-refractivity contribution in [3.8, 4) is 11.5 Å². The first-order chi connectivity index (χ1) is 14.9. The largest absolute Gasteiger partial charge is 1.00 e. The average molecular weight is 508 g/mol. The zero-order valence-electron chi connectivity index (χ0n) is 18.5. The number of aryl methyl sites for hydroxylation is 1. The minimum atomic E-state index is -0.259. The number of hydrogen-bond donors (Lipinski definition) is 0. The van der Waals surface area contributed by atoms with Crippen LogP contribution in [0.5, 0.6) is 11.5 Å². The molecule has 0 atom stereocenters. The van der Waals surface area contributed by atoms with Crippen molar-refractivity contribution in [2.45, 2.75) is 6.92 Å². The average Bonchev–Trinajstić information content (AvgIpc) is 3.37. The fraction of sp³-hybridized carbons (Fsp3) is 0.143. The molecule has 2 aromatic carbocycles. The summed E-state index contributed by atoms with van der Waals surface area (Å²) in [4.78, 5) is 33.6. The molecule has 0 radical (unpaired) electrons. The Hall–Kier alpha value is -2.90. The molecule has 0 saturated carbocycles. The Morgan fingerprint density at radius 2 is 1.24 bits per heavy atom.